The van der Waals surface area contributed by atoms with E-state index in [1.54, 1.807) is 0 Å². The third-order valence-electron chi connectivity index (χ3n) is 2.62. The number of benzene rings is 1. The van der Waals surface area contributed by atoms with E-state index in [4.69, 9.17) is 5.73 Å². The molecule has 0 aliphatic heterocycles. The summed E-state index contributed by atoms with van der Waals surface area (Å²) in [7, 11) is 0. The Labute approximate surface area is 110 Å². The third kappa shape index (κ3) is 4.90. The number of carbonyl (C=O) groups is 1. The van der Waals surface area contributed by atoms with Crippen LogP contribution < -0.4 is 11.1 Å². The molecule has 0 aliphatic rings. The molecule has 0 spiro atoms. The third-order valence-corrected chi connectivity index (χ3v) is 2.62. The number of hydrogen-bond acceptors (Lipinski definition) is 2. The molecule has 0 saturated carbocycles. The van der Waals surface area contributed by atoms with Gasteiger partial charge in [0, 0.05) is 18.7 Å². The molecule has 19 heavy (non-hydrogen) atoms. The minimum Gasteiger partial charge on any atom is -0.328 e. The molecule has 0 heterocycles. The Bertz CT molecular complexity index is 456. The second-order valence-corrected chi connectivity index (χ2v) is 4.57. The van der Waals surface area contributed by atoms with Crippen LogP contribution in [-0.2, 0) is 17.4 Å². The van der Waals surface area contributed by atoms with Crippen LogP contribution in [-0.4, -0.2) is 11.9 Å². The summed E-state index contributed by atoms with van der Waals surface area (Å²) >= 11 is 0. The van der Waals surface area contributed by atoms with E-state index in [9.17, 15) is 18.0 Å². The minimum absolute atomic E-state index is 0.0486. The highest BCUT2D eigenvalue weighted by molar-refractivity contribution is 5.89. The predicted molar refractivity (Wildman–Crippen MR) is 67.7 cm³/mol. The van der Waals surface area contributed by atoms with Crippen molar-refractivity contribution in [3.05, 3.63) is 29.3 Å². The first kappa shape index (κ1) is 15.5. The lowest BCUT2D eigenvalue weighted by molar-refractivity contribution is -0.137. The van der Waals surface area contributed by atoms with Crippen molar-refractivity contribution in [3.8, 4) is 0 Å². The largest absolute Gasteiger partial charge is 0.416 e. The van der Waals surface area contributed by atoms with Crippen LogP contribution in [0.2, 0.25) is 0 Å². The van der Waals surface area contributed by atoms with Crippen molar-refractivity contribution in [2.24, 2.45) is 5.73 Å². The van der Waals surface area contributed by atoms with Crippen molar-refractivity contribution in [2.45, 2.75) is 38.9 Å². The Balaban J connectivity index is 3.05. The number of amides is 1. The topological polar surface area (TPSA) is 55.1 Å². The van der Waals surface area contributed by atoms with Gasteiger partial charge in [-0.05, 0) is 37.5 Å². The molecule has 0 bridgehead atoms. The van der Waals surface area contributed by atoms with Crippen LogP contribution in [0, 0.1) is 0 Å². The van der Waals surface area contributed by atoms with Gasteiger partial charge in [0.1, 0.15) is 0 Å². The molecule has 0 aromatic heterocycles. The van der Waals surface area contributed by atoms with Gasteiger partial charge in [-0.1, -0.05) is 6.07 Å². The van der Waals surface area contributed by atoms with Crippen LogP contribution in [0.1, 0.15) is 31.4 Å². The zero-order valence-electron chi connectivity index (χ0n) is 10.8. The van der Waals surface area contributed by atoms with Gasteiger partial charge >= 0.3 is 6.18 Å². The number of aryl methyl sites for hydroxylation is 1. The van der Waals surface area contributed by atoms with E-state index < -0.39 is 17.6 Å². The monoisotopic (exact) mass is 274 g/mol. The van der Waals surface area contributed by atoms with E-state index in [1.807, 2.05) is 6.92 Å². The molecule has 6 heteroatoms. The molecule has 1 atom stereocenters. The summed E-state index contributed by atoms with van der Waals surface area (Å²) in [6.45, 7) is 3.08. The van der Waals surface area contributed by atoms with Gasteiger partial charge in [-0.25, -0.2) is 0 Å². The Kier molecular flexibility index (Phi) is 4.94. The second-order valence-electron chi connectivity index (χ2n) is 4.57. The van der Waals surface area contributed by atoms with Gasteiger partial charge in [0.15, 0.2) is 0 Å². The summed E-state index contributed by atoms with van der Waals surface area (Å²) in [5.41, 5.74) is 5.70. The molecule has 1 rings (SSSR count). The van der Waals surface area contributed by atoms with Crippen LogP contribution in [0.5, 0.6) is 0 Å². The van der Waals surface area contributed by atoms with Crippen molar-refractivity contribution in [2.75, 3.05) is 5.32 Å². The molecule has 0 fully saturated rings. The molecule has 1 unspecified atom stereocenters. The highest BCUT2D eigenvalue weighted by Crippen LogP contribution is 2.32. The first-order valence-electron chi connectivity index (χ1n) is 5.93. The fourth-order valence-corrected chi connectivity index (χ4v) is 1.66. The van der Waals surface area contributed by atoms with E-state index in [-0.39, 0.29) is 11.7 Å². The van der Waals surface area contributed by atoms with Gasteiger partial charge in [-0.3, -0.25) is 4.79 Å². The molecular formula is C13H17F3N2O. The summed E-state index contributed by atoms with van der Waals surface area (Å²) < 4.78 is 37.9. The maximum Gasteiger partial charge on any atom is 0.416 e. The lowest BCUT2D eigenvalue weighted by atomic mass is 10.0. The van der Waals surface area contributed by atoms with E-state index in [1.165, 1.54) is 13.0 Å². The minimum atomic E-state index is -4.42. The summed E-state index contributed by atoms with van der Waals surface area (Å²) in [5.74, 6) is -0.402. The smallest absolute Gasteiger partial charge is 0.328 e. The van der Waals surface area contributed by atoms with Crippen molar-refractivity contribution >= 4 is 11.6 Å². The SMILES string of the molecule is CC(=O)Nc1cc(C(F)(F)F)ccc1CCC(C)N. The van der Waals surface area contributed by atoms with Crippen LogP contribution in [0.4, 0.5) is 18.9 Å². The fourth-order valence-electron chi connectivity index (χ4n) is 1.66. The number of anilines is 1. The molecule has 1 aromatic carbocycles. The molecule has 1 aromatic rings. The van der Waals surface area contributed by atoms with Crippen LogP contribution >= 0.6 is 0 Å². The Morgan fingerprint density at radius 2 is 2.05 bits per heavy atom. The van der Waals surface area contributed by atoms with E-state index in [2.05, 4.69) is 5.32 Å². The predicted octanol–water partition coefficient (Wildman–Crippen LogP) is 2.94. The number of alkyl halides is 3. The molecule has 0 radical (unpaired) electrons. The number of halogens is 3. The number of rotatable bonds is 4. The second kappa shape index (κ2) is 6.06. The zero-order valence-corrected chi connectivity index (χ0v) is 10.8. The number of nitrogens with two attached hydrogens (primary N) is 1. The van der Waals surface area contributed by atoms with E-state index >= 15 is 0 Å². The lowest BCUT2D eigenvalue weighted by Gasteiger charge is -2.14. The van der Waals surface area contributed by atoms with Crippen molar-refractivity contribution < 1.29 is 18.0 Å². The van der Waals surface area contributed by atoms with Crippen LogP contribution in [0.25, 0.3) is 0 Å². The molecular weight excluding hydrogens is 257 g/mol. The highest BCUT2D eigenvalue weighted by Gasteiger charge is 2.31. The molecule has 106 valence electrons. The van der Waals surface area contributed by atoms with Crippen molar-refractivity contribution in [3.63, 3.8) is 0 Å². The number of nitrogens with one attached hydrogen (secondary N) is 1. The molecule has 3 nitrogen and oxygen atoms in total. The normalized spacial score (nSPS) is 13.2. The lowest BCUT2D eigenvalue weighted by Crippen LogP contribution is -2.17. The van der Waals surface area contributed by atoms with E-state index in [0.29, 0.717) is 18.4 Å². The average molecular weight is 274 g/mol. The summed E-state index contributed by atoms with van der Waals surface area (Å²) in [4.78, 5) is 11.0. The fraction of sp³-hybridized carbons (Fsp3) is 0.462. The van der Waals surface area contributed by atoms with Gasteiger partial charge in [0.05, 0.1) is 5.56 Å². The first-order valence-corrected chi connectivity index (χ1v) is 5.93. The van der Waals surface area contributed by atoms with Gasteiger partial charge in [-0.15, -0.1) is 0 Å². The maximum atomic E-state index is 12.6. The van der Waals surface area contributed by atoms with Crippen LogP contribution in [0.15, 0.2) is 18.2 Å². The van der Waals surface area contributed by atoms with Gasteiger partial charge in [-0.2, -0.15) is 13.2 Å². The zero-order chi connectivity index (χ0) is 14.6. The Hall–Kier alpha value is -1.56. The summed E-state index contributed by atoms with van der Waals surface area (Å²) in [6.07, 6.45) is -3.27. The number of hydrogen-bond donors (Lipinski definition) is 2. The van der Waals surface area contributed by atoms with Gasteiger partial charge < -0.3 is 11.1 Å². The first-order chi connectivity index (χ1) is 8.70. The quantitative estimate of drug-likeness (QED) is 0.887. The average Bonchev–Trinajstić information content (AvgIpc) is 2.25. The molecule has 3 N–H and O–H groups in total. The molecule has 0 saturated heterocycles. The van der Waals surface area contributed by atoms with Gasteiger partial charge in [0.25, 0.3) is 0 Å². The standard InChI is InChI=1S/C13H17F3N2O/c1-8(17)3-4-10-5-6-11(13(14,15)16)7-12(10)18-9(2)19/h5-8H,3-4,17H2,1-2H3,(H,18,19). The molecule has 1 amide bonds. The Morgan fingerprint density at radius 1 is 1.42 bits per heavy atom. The van der Waals surface area contributed by atoms with E-state index in [0.717, 1.165) is 12.1 Å². The summed E-state index contributed by atoms with van der Waals surface area (Å²) in [6, 6.07) is 3.31. The number of carbonyl (C=O) groups excluding carboxylic acids is 1. The molecule has 0 aliphatic carbocycles. The van der Waals surface area contributed by atoms with Gasteiger partial charge in [0.2, 0.25) is 5.91 Å². The van der Waals surface area contributed by atoms with Crippen molar-refractivity contribution in [1.29, 1.82) is 0 Å². The van der Waals surface area contributed by atoms with Crippen LogP contribution in [0.3, 0.4) is 0 Å². The maximum absolute atomic E-state index is 12.6. The van der Waals surface area contributed by atoms with Crippen molar-refractivity contribution in [1.82, 2.24) is 0 Å². The summed E-state index contributed by atoms with van der Waals surface area (Å²) in [5, 5.41) is 2.43. The Morgan fingerprint density at radius 3 is 2.53 bits per heavy atom. The highest BCUT2D eigenvalue weighted by atomic mass is 19.4.